The number of hydrogen-bond donors (Lipinski definition) is 2. The molecule has 2 aromatic rings. The molecule has 0 aliphatic heterocycles. The molecule has 94 valence electrons. The first-order valence-electron chi connectivity index (χ1n) is 5.04. The zero-order valence-electron chi connectivity index (χ0n) is 9.68. The molecular formula is C11H10N2O4S. The highest BCUT2D eigenvalue weighted by Gasteiger charge is 2.20. The van der Waals surface area contributed by atoms with Gasteiger partial charge < -0.3 is 14.9 Å². The Balaban J connectivity index is 2.30. The first-order chi connectivity index (χ1) is 8.50. The molecule has 0 aliphatic rings. The van der Waals surface area contributed by atoms with Gasteiger partial charge in [-0.05, 0) is 24.8 Å². The topological polar surface area (TPSA) is 92.4 Å². The summed E-state index contributed by atoms with van der Waals surface area (Å²) in [4.78, 5) is 23.0. The predicted molar refractivity (Wildman–Crippen MR) is 65.2 cm³/mol. The fourth-order valence-corrected chi connectivity index (χ4v) is 2.28. The molecule has 0 saturated heterocycles. The van der Waals surface area contributed by atoms with E-state index in [1.165, 1.54) is 6.20 Å². The van der Waals surface area contributed by atoms with E-state index < -0.39 is 11.9 Å². The van der Waals surface area contributed by atoms with Gasteiger partial charge in [0.1, 0.15) is 4.88 Å². The lowest BCUT2D eigenvalue weighted by molar-refractivity contribution is 0.0703. The van der Waals surface area contributed by atoms with Crippen LogP contribution in [0.3, 0.4) is 0 Å². The number of carboxylic acid groups (broad SMARTS) is 1. The van der Waals surface area contributed by atoms with Gasteiger partial charge in [0, 0.05) is 5.56 Å². The molecule has 0 spiro atoms. The molecule has 2 rings (SSSR count). The lowest BCUT2D eigenvalue weighted by Gasteiger charge is -2.04. The maximum atomic E-state index is 11.9. The molecule has 18 heavy (non-hydrogen) atoms. The molecule has 0 bridgehead atoms. The Morgan fingerprint density at radius 2 is 2.11 bits per heavy atom. The average Bonchev–Trinajstić information content (AvgIpc) is 2.86. The number of aromatic nitrogens is 1. The van der Waals surface area contributed by atoms with Crippen LogP contribution in [0.15, 0.2) is 16.1 Å². The Kier molecular flexibility index (Phi) is 3.15. The smallest absolute Gasteiger partial charge is 0.348 e. The summed E-state index contributed by atoms with van der Waals surface area (Å²) in [7, 11) is 0. The van der Waals surface area contributed by atoms with Crippen LogP contribution in [0.2, 0.25) is 0 Å². The van der Waals surface area contributed by atoms with Gasteiger partial charge in [0.05, 0.1) is 11.9 Å². The molecular weight excluding hydrogens is 256 g/mol. The van der Waals surface area contributed by atoms with E-state index in [9.17, 15) is 9.59 Å². The number of carbonyl (C=O) groups is 2. The minimum atomic E-state index is -1.07. The first-order valence-corrected chi connectivity index (χ1v) is 5.92. The highest BCUT2D eigenvalue weighted by molar-refractivity contribution is 7.12. The first kappa shape index (κ1) is 12.3. The van der Waals surface area contributed by atoms with Crippen LogP contribution in [0.5, 0.6) is 0 Å². The number of thiophene rings is 1. The summed E-state index contributed by atoms with van der Waals surface area (Å²) < 4.78 is 4.81. The van der Waals surface area contributed by atoms with Gasteiger partial charge in [-0.15, -0.1) is 11.3 Å². The summed E-state index contributed by atoms with van der Waals surface area (Å²) in [5, 5.41) is 16.7. The van der Waals surface area contributed by atoms with Crippen molar-refractivity contribution in [2.24, 2.45) is 0 Å². The number of carbonyl (C=O) groups excluding carboxylic acids is 1. The van der Waals surface area contributed by atoms with Crippen molar-refractivity contribution in [1.82, 2.24) is 5.16 Å². The van der Waals surface area contributed by atoms with Crippen LogP contribution in [-0.2, 0) is 0 Å². The Morgan fingerprint density at radius 3 is 2.67 bits per heavy atom. The minimum Gasteiger partial charge on any atom is -0.477 e. The number of aromatic carboxylic acids is 1. The summed E-state index contributed by atoms with van der Waals surface area (Å²) in [5.74, 6) is -1.50. The van der Waals surface area contributed by atoms with Gasteiger partial charge in [-0.3, -0.25) is 4.79 Å². The molecule has 0 aliphatic carbocycles. The van der Waals surface area contributed by atoms with Crippen LogP contribution >= 0.6 is 11.3 Å². The number of amides is 1. The van der Waals surface area contributed by atoms with Crippen molar-refractivity contribution in [2.45, 2.75) is 13.8 Å². The van der Waals surface area contributed by atoms with Crippen molar-refractivity contribution in [3.63, 3.8) is 0 Å². The Bertz CT molecular complexity index is 614. The third-order valence-electron chi connectivity index (χ3n) is 2.36. The lowest BCUT2D eigenvalue weighted by atomic mass is 10.2. The molecule has 2 N–H and O–H groups in total. The van der Waals surface area contributed by atoms with Crippen molar-refractivity contribution >= 4 is 28.9 Å². The Hall–Kier alpha value is -2.15. The molecule has 1 amide bonds. The van der Waals surface area contributed by atoms with Crippen molar-refractivity contribution in [3.8, 4) is 0 Å². The van der Waals surface area contributed by atoms with E-state index in [-0.39, 0.29) is 10.6 Å². The Morgan fingerprint density at radius 1 is 1.39 bits per heavy atom. The largest absolute Gasteiger partial charge is 0.477 e. The van der Waals surface area contributed by atoms with E-state index in [4.69, 9.17) is 9.63 Å². The van der Waals surface area contributed by atoms with E-state index in [1.807, 2.05) is 0 Å². The molecule has 2 aromatic heterocycles. The molecule has 2 heterocycles. The van der Waals surface area contributed by atoms with E-state index in [0.29, 0.717) is 16.8 Å². The van der Waals surface area contributed by atoms with Gasteiger partial charge in [-0.25, -0.2) is 4.79 Å². The number of anilines is 1. The van der Waals surface area contributed by atoms with Crippen LogP contribution in [0.4, 0.5) is 5.69 Å². The maximum Gasteiger partial charge on any atom is 0.348 e. The highest BCUT2D eigenvalue weighted by atomic mass is 32.1. The number of nitrogens with one attached hydrogen (secondary N) is 1. The zero-order chi connectivity index (χ0) is 13.3. The second-order valence-electron chi connectivity index (χ2n) is 3.72. The molecule has 0 fully saturated rings. The summed E-state index contributed by atoms with van der Waals surface area (Å²) >= 11 is 1.07. The van der Waals surface area contributed by atoms with E-state index >= 15 is 0 Å². The molecule has 0 saturated carbocycles. The third kappa shape index (κ3) is 2.12. The van der Waals surface area contributed by atoms with E-state index in [2.05, 4.69) is 10.5 Å². The molecule has 7 heteroatoms. The average molecular weight is 266 g/mol. The number of nitrogens with zero attached hydrogens (tertiary/aromatic N) is 1. The van der Waals surface area contributed by atoms with Crippen LogP contribution in [0, 0.1) is 13.8 Å². The SMILES string of the molecule is Cc1cnoc1C(=O)Nc1c(C)csc1C(=O)O. The molecule has 6 nitrogen and oxygen atoms in total. The van der Waals surface area contributed by atoms with Crippen LogP contribution in [0.25, 0.3) is 0 Å². The number of hydrogen-bond acceptors (Lipinski definition) is 5. The summed E-state index contributed by atoms with van der Waals surface area (Å²) in [6.07, 6.45) is 1.42. The van der Waals surface area contributed by atoms with Crippen LogP contribution in [-0.4, -0.2) is 22.1 Å². The lowest BCUT2D eigenvalue weighted by Crippen LogP contribution is -2.14. The monoisotopic (exact) mass is 266 g/mol. The van der Waals surface area contributed by atoms with Crippen molar-refractivity contribution in [2.75, 3.05) is 5.32 Å². The fraction of sp³-hybridized carbons (Fsp3) is 0.182. The van der Waals surface area contributed by atoms with Gasteiger partial charge in [0.15, 0.2) is 0 Å². The van der Waals surface area contributed by atoms with Crippen molar-refractivity contribution in [1.29, 1.82) is 0 Å². The van der Waals surface area contributed by atoms with Crippen LogP contribution in [0.1, 0.15) is 31.4 Å². The van der Waals surface area contributed by atoms with E-state index in [0.717, 1.165) is 11.3 Å². The summed E-state index contributed by atoms with van der Waals surface area (Å²) in [6, 6.07) is 0. The van der Waals surface area contributed by atoms with Crippen molar-refractivity contribution in [3.05, 3.63) is 33.3 Å². The normalized spacial score (nSPS) is 10.3. The van der Waals surface area contributed by atoms with Gasteiger partial charge in [-0.2, -0.15) is 0 Å². The Labute approximate surface area is 106 Å². The van der Waals surface area contributed by atoms with Gasteiger partial charge in [-0.1, -0.05) is 5.16 Å². The zero-order valence-corrected chi connectivity index (χ0v) is 10.5. The second kappa shape index (κ2) is 4.61. The molecule has 0 unspecified atom stereocenters. The molecule has 0 atom stereocenters. The third-order valence-corrected chi connectivity index (χ3v) is 3.45. The molecule has 0 aromatic carbocycles. The standard InChI is InChI=1S/C11H10N2O4S/c1-5-3-12-17-8(5)10(14)13-7-6(2)4-18-9(7)11(15)16/h3-4H,1-2H3,(H,13,14)(H,15,16). The number of rotatable bonds is 3. The van der Waals surface area contributed by atoms with E-state index in [1.54, 1.807) is 19.2 Å². The highest BCUT2D eigenvalue weighted by Crippen LogP contribution is 2.28. The minimum absolute atomic E-state index is 0.0805. The molecule has 0 radical (unpaired) electrons. The van der Waals surface area contributed by atoms with Crippen LogP contribution < -0.4 is 5.32 Å². The fourth-order valence-electron chi connectivity index (χ4n) is 1.44. The van der Waals surface area contributed by atoms with Gasteiger partial charge in [0.25, 0.3) is 5.91 Å². The number of carboxylic acids is 1. The summed E-state index contributed by atoms with van der Waals surface area (Å²) in [6.45, 7) is 3.41. The maximum absolute atomic E-state index is 11.9. The second-order valence-corrected chi connectivity index (χ2v) is 4.60. The predicted octanol–water partition coefficient (Wildman–Crippen LogP) is 2.30. The number of aryl methyl sites for hydroxylation is 2. The van der Waals surface area contributed by atoms with Crippen molar-refractivity contribution < 1.29 is 19.2 Å². The summed E-state index contributed by atoms with van der Waals surface area (Å²) in [5.41, 5.74) is 1.59. The quantitative estimate of drug-likeness (QED) is 0.889. The van der Waals surface area contributed by atoms with Gasteiger partial charge >= 0.3 is 5.97 Å². The van der Waals surface area contributed by atoms with Gasteiger partial charge in [0.2, 0.25) is 5.76 Å².